The number of nitrogens with zero attached hydrogens (tertiary/aromatic N) is 3. The zero-order chi connectivity index (χ0) is 29.2. The molecular weight excluding hydrogens is 546 g/mol. The van der Waals surface area contributed by atoms with E-state index in [0.717, 1.165) is 17.8 Å². The van der Waals surface area contributed by atoms with E-state index in [0.29, 0.717) is 0 Å². The van der Waals surface area contributed by atoms with Crippen LogP contribution in [0.25, 0.3) is 88.0 Å². The minimum atomic E-state index is 0.987. The Hall–Kier alpha value is -5.93. The van der Waals surface area contributed by atoms with Crippen LogP contribution in [-0.4, -0.2) is 14.0 Å². The maximum absolute atomic E-state index is 4.91. The SMILES string of the molecule is c1ccc2c(c1)Cc1ccc(-n3c4ccc(-c5ccc6c7cccc8c9ccccc9n(c6c5)c87)cc4c4cccnc43)cc1-2. The minimum absolute atomic E-state index is 0.987. The van der Waals surface area contributed by atoms with Crippen LogP contribution in [0.2, 0.25) is 0 Å². The Morgan fingerprint density at radius 1 is 0.467 bits per heavy atom. The Morgan fingerprint density at radius 2 is 1.22 bits per heavy atom. The van der Waals surface area contributed by atoms with Gasteiger partial charge in [-0.05, 0) is 88.3 Å². The summed E-state index contributed by atoms with van der Waals surface area (Å²) in [4.78, 5) is 4.91. The van der Waals surface area contributed by atoms with Gasteiger partial charge < -0.3 is 4.40 Å². The van der Waals surface area contributed by atoms with Gasteiger partial charge in [0.1, 0.15) is 5.65 Å². The second-order valence-electron chi connectivity index (χ2n) is 12.4. The standard InChI is InChI=1S/C42H25N3/c1-2-8-30-27(7-1)21-28-14-17-29(24-36(28)30)44-39-19-16-25(22-37(39)35-12-6-20-43-42(35)44)26-15-18-32-34-11-5-10-33-31-9-3-4-13-38(31)45(41(33)34)40(32)23-26/h1-20,22-24H,21H2. The first kappa shape index (κ1) is 23.5. The average Bonchev–Trinajstić information content (AvgIpc) is 3.83. The molecule has 0 amide bonds. The van der Waals surface area contributed by atoms with Crippen molar-refractivity contribution in [2.75, 3.05) is 0 Å². The van der Waals surface area contributed by atoms with Crippen molar-refractivity contribution in [1.29, 1.82) is 0 Å². The smallest absolute Gasteiger partial charge is 0.145 e. The molecule has 208 valence electrons. The number of hydrogen-bond donors (Lipinski definition) is 0. The van der Waals surface area contributed by atoms with Gasteiger partial charge in [-0.15, -0.1) is 0 Å². The molecule has 1 aliphatic rings. The third-order valence-electron chi connectivity index (χ3n) is 10.1. The van der Waals surface area contributed by atoms with E-state index in [1.807, 2.05) is 12.3 Å². The lowest BCUT2D eigenvalue weighted by molar-refractivity contribution is 1.13. The summed E-state index contributed by atoms with van der Waals surface area (Å²) in [6.45, 7) is 0. The predicted molar refractivity (Wildman–Crippen MR) is 187 cm³/mol. The van der Waals surface area contributed by atoms with Crippen molar-refractivity contribution in [3.63, 3.8) is 0 Å². The summed E-state index contributed by atoms with van der Waals surface area (Å²) in [5.41, 5.74) is 15.0. The summed E-state index contributed by atoms with van der Waals surface area (Å²) in [5.74, 6) is 0. The van der Waals surface area contributed by atoms with Crippen LogP contribution in [0, 0.1) is 0 Å². The first-order valence-electron chi connectivity index (χ1n) is 15.6. The van der Waals surface area contributed by atoms with Crippen molar-refractivity contribution in [1.82, 2.24) is 14.0 Å². The number of pyridine rings is 1. The van der Waals surface area contributed by atoms with Crippen molar-refractivity contribution in [2.24, 2.45) is 0 Å². The Bertz CT molecular complexity index is 2850. The lowest BCUT2D eigenvalue weighted by atomic mass is 10.0. The van der Waals surface area contributed by atoms with Gasteiger partial charge in [0.25, 0.3) is 0 Å². The first-order chi connectivity index (χ1) is 22.3. The summed E-state index contributed by atoms with van der Waals surface area (Å²) in [6.07, 6.45) is 2.90. The molecule has 0 unspecified atom stereocenters. The highest BCUT2D eigenvalue weighted by Crippen LogP contribution is 2.42. The van der Waals surface area contributed by atoms with Crippen LogP contribution in [0.3, 0.4) is 0 Å². The van der Waals surface area contributed by atoms with E-state index >= 15 is 0 Å². The molecule has 1 aliphatic carbocycles. The average molecular weight is 572 g/mol. The van der Waals surface area contributed by atoms with E-state index in [-0.39, 0.29) is 0 Å². The number of aromatic nitrogens is 3. The molecule has 3 heteroatoms. The van der Waals surface area contributed by atoms with Crippen molar-refractivity contribution in [2.45, 2.75) is 6.42 Å². The topological polar surface area (TPSA) is 22.2 Å². The molecule has 0 saturated heterocycles. The van der Waals surface area contributed by atoms with E-state index in [9.17, 15) is 0 Å². The molecule has 45 heavy (non-hydrogen) atoms. The molecule has 0 N–H and O–H groups in total. The lowest BCUT2D eigenvalue weighted by Gasteiger charge is -2.10. The summed E-state index contributed by atoms with van der Waals surface area (Å²) >= 11 is 0. The highest BCUT2D eigenvalue weighted by Gasteiger charge is 2.21. The molecular formula is C42H25N3. The van der Waals surface area contributed by atoms with Crippen LogP contribution in [-0.2, 0) is 6.42 Å². The van der Waals surface area contributed by atoms with Gasteiger partial charge in [0, 0.05) is 44.2 Å². The zero-order valence-corrected chi connectivity index (χ0v) is 24.3. The first-order valence-corrected chi connectivity index (χ1v) is 15.6. The van der Waals surface area contributed by atoms with E-state index in [1.165, 1.54) is 87.8 Å². The van der Waals surface area contributed by atoms with Gasteiger partial charge in [-0.3, -0.25) is 4.57 Å². The molecule has 10 aromatic rings. The number of fused-ring (bicyclic) bond motifs is 12. The number of benzene rings is 6. The fourth-order valence-electron chi connectivity index (χ4n) is 8.15. The fraction of sp³-hybridized carbons (Fsp3) is 0.0238. The molecule has 6 aromatic carbocycles. The number of rotatable bonds is 2. The molecule has 0 fully saturated rings. The molecule has 4 aromatic heterocycles. The van der Waals surface area contributed by atoms with Gasteiger partial charge in [-0.25, -0.2) is 4.98 Å². The monoisotopic (exact) mass is 571 g/mol. The summed E-state index contributed by atoms with van der Waals surface area (Å²) < 4.78 is 4.79. The molecule has 0 bridgehead atoms. The Kier molecular flexibility index (Phi) is 4.37. The quantitative estimate of drug-likeness (QED) is 0.202. The van der Waals surface area contributed by atoms with Crippen LogP contribution in [0.4, 0.5) is 0 Å². The van der Waals surface area contributed by atoms with Gasteiger partial charge in [0.2, 0.25) is 0 Å². The summed E-state index contributed by atoms with van der Waals surface area (Å²) in [5, 5.41) is 7.62. The molecule has 3 nitrogen and oxygen atoms in total. The highest BCUT2D eigenvalue weighted by atomic mass is 15.0. The second-order valence-corrected chi connectivity index (χ2v) is 12.4. The van der Waals surface area contributed by atoms with Gasteiger partial charge in [-0.2, -0.15) is 0 Å². The molecule has 4 heterocycles. The largest absolute Gasteiger partial charge is 0.308 e. The third kappa shape index (κ3) is 3.02. The van der Waals surface area contributed by atoms with Crippen LogP contribution in [0.5, 0.6) is 0 Å². The molecule has 0 aliphatic heterocycles. The Balaban J connectivity index is 1.13. The fourth-order valence-corrected chi connectivity index (χ4v) is 8.15. The van der Waals surface area contributed by atoms with Gasteiger partial charge in [0.15, 0.2) is 0 Å². The molecule has 0 atom stereocenters. The van der Waals surface area contributed by atoms with Crippen LogP contribution in [0.1, 0.15) is 11.1 Å². The molecule has 0 radical (unpaired) electrons. The highest BCUT2D eigenvalue weighted by molar-refractivity contribution is 6.23. The maximum Gasteiger partial charge on any atom is 0.145 e. The van der Waals surface area contributed by atoms with Gasteiger partial charge in [0.05, 0.1) is 22.1 Å². The van der Waals surface area contributed by atoms with Gasteiger partial charge in [-0.1, -0.05) is 84.9 Å². The van der Waals surface area contributed by atoms with E-state index in [4.69, 9.17) is 4.98 Å². The Labute approximate surface area is 258 Å². The van der Waals surface area contributed by atoms with Crippen molar-refractivity contribution in [3.05, 3.63) is 151 Å². The number of para-hydroxylation sites is 2. The van der Waals surface area contributed by atoms with Crippen molar-refractivity contribution >= 4 is 60.0 Å². The zero-order valence-electron chi connectivity index (χ0n) is 24.3. The van der Waals surface area contributed by atoms with Crippen molar-refractivity contribution < 1.29 is 0 Å². The van der Waals surface area contributed by atoms with E-state index in [2.05, 4.69) is 136 Å². The van der Waals surface area contributed by atoms with Crippen LogP contribution < -0.4 is 0 Å². The van der Waals surface area contributed by atoms with Crippen LogP contribution in [0.15, 0.2) is 140 Å². The molecule has 11 rings (SSSR count). The number of hydrogen-bond acceptors (Lipinski definition) is 1. The van der Waals surface area contributed by atoms with Crippen LogP contribution >= 0.6 is 0 Å². The van der Waals surface area contributed by atoms with Crippen molar-refractivity contribution in [3.8, 4) is 27.9 Å². The predicted octanol–water partition coefficient (Wildman–Crippen LogP) is 10.6. The summed E-state index contributed by atoms with van der Waals surface area (Å²) in [6, 6.07) is 49.3. The molecule has 0 saturated carbocycles. The normalized spacial score (nSPS) is 12.8. The van der Waals surface area contributed by atoms with Gasteiger partial charge >= 0.3 is 0 Å². The minimum Gasteiger partial charge on any atom is -0.308 e. The van der Waals surface area contributed by atoms with E-state index < -0.39 is 0 Å². The molecule has 0 spiro atoms. The second kappa shape index (κ2) is 8.37. The van der Waals surface area contributed by atoms with E-state index in [1.54, 1.807) is 0 Å². The lowest BCUT2D eigenvalue weighted by Crippen LogP contribution is -1.96. The third-order valence-corrected chi connectivity index (χ3v) is 10.1. The summed E-state index contributed by atoms with van der Waals surface area (Å²) in [7, 11) is 0. The Morgan fingerprint density at radius 3 is 2.18 bits per heavy atom. The maximum atomic E-state index is 4.91.